The summed E-state index contributed by atoms with van der Waals surface area (Å²) in [7, 11) is 0. The molecule has 1 aromatic heterocycles. The van der Waals surface area contributed by atoms with Gasteiger partial charge in [0, 0.05) is 38.3 Å². The molecule has 0 unspecified atom stereocenters. The predicted octanol–water partition coefficient (Wildman–Crippen LogP) is 2.77. The first-order chi connectivity index (χ1) is 8.77. The van der Waals surface area contributed by atoms with Crippen LogP contribution in [0.4, 0.5) is 0 Å². The van der Waals surface area contributed by atoms with Gasteiger partial charge < -0.3 is 9.88 Å². The standard InChI is InChI=1S/C14H25N3O/c1-3-11-17(12-4-2)14(18)8-6-5-7-13-15-9-10-16-13/h9-10H,3-8,11-12H2,1-2H3,(H,15,16). The summed E-state index contributed by atoms with van der Waals surface area (Å²) in [5.41, 5.74) is 0. The normalized spacial score (nSPS) is 10.6. The molecule has 1 amide bonds. The molecule has 0 atom stereocenters. The Balaban J connectivity index is 2.18. The average molecular weight is 251 g/mol. The molecule has 4 heteroatoms. The van der Waals surface area contributed by atoms with Crippen molar-refractivity contribution < 1.29 is 4.79 Å². The Morgan fingerprint density at radius 2 is 2.00 bits per heavy atom. The number of carbonyl (C=O) groups excluding carboxylic acids is 1. The lowest BCUT2D eigenvalue weighted by atomic mass is 10.1. The van der Waals surface area contributed by atoms with Gasteiger partial charge in [-0.15, -0.1) is 0 Å². The number of carbonyl (C=O) groups is 1. The second-order valence-electron chi connectivity index (χ2n) is 4.62. The highest BCUT2D eigenvalue weighted by Crippen LogP contribution is 2.06. The van der Waals surface area contributed by atoms with E-state index in [1.807, 2.05) is 11.1 Å². The minimum Gasteiger partial charge on any atom is -0.349 e. The van der Waals surface area contributed by atoms with E-state index in [2.05, 4.69) is 23.8 Å². The van der Waals surface area contributed by atoms with E-state index >= 15 is 0 Å². The van der Waals surface area contributed by atoms with Crippen LogP contribution in [0.1, 0.15) is 51.8 Å². The second-order valence-corrected chi connectivity index (χ2v) is 4.62. The van der Waals surface area contributed by atoms with Gasteiger partial charge in [0.05, 0.1) is 0 Å². The molecule has 0 bridgehead atoms. The lowest BCUT2D eigenvalue weighted by Crippen LogP contribution is -2.32. The SMILES string of the molecule is CCCN(CCC)C(=O)CCCCc1ncc[nH]1. The first-order valence-corrected chi connectivity index (χ1v) is 7.04. The molecule has 1 heterocycles. The molecule has 0 saturated carbocycles. The fourth-order valence-corrected chi connectivity index (χ4v) is 2.06. The number of hydrogen-bond acceptors (Lipinski definition) is 2. The zero-order valence-electron chi connectivity index (χ0n) is 11.6. The maximum atomic E-state index is 12.0. The van der Waals surface area contributed by atoms with E-state index in [0.717, 1.165) is 51.0 Å². The van der Waals surface area contributed by atoms with Crippen molar-refractivity contribution >= 4 is 5.91 Å². The number of aryl methyl sites for hydroxylation is 1. The maximum Gasteiger partial charge on any atom is 0.222 e. The monoisotopic (exact) mass is 251 g/mol. The number of aromatic nitrogens is 2. The molecule has 0 aliphatic carbocycles. The summed E-state index contributed by atoms with van der Waals surface area (Å²) in [4.78, 5) is 21.2. The van der Waals surface area contributed by atoms with Crippen molar-refractivity contribution in [3.8, 4) is 0 Å². The Kier molecular flexibility index (Phi) is 7.14. The number of amides is 1. The van der Waals surface area contributed by atoms with Gasteiger partial charge in [-0.1, -0.05) is 13.8 Å². The van der Waals surface area contributed by atoms with Crippen molar-refractivity contribution in [1.29, 1.82) is 0 Å². The number of aromatic amines is 1. The Labute approximate surface area is 110 Å². The third-order valence-electron chi connectivity index (χ3n) is 2.95. The van der Waals surface area contributed by atoms with Crippen molar-refractivity contribution in [2.75, 3.05) is 13.1 Å². The van der Waals surface area contributed by atoms with Gasteiger partial charge in [0.15, 0.2) is 0 Å². The quantitative estimate of drug-likeness (QED) is 0.686. The molecular formula is C14H25N3O. The number of nitrogens with one attached hydrogen (secondary N) is 1. The van der Waals surface area contributed by atoms with E-state index in [9.17, 15) is 4.79 Å². The fraction of sp³-hybridized carbons (Fsp3) is 0.714. The Morgan fingerprint density at radius 1 is 1.28 bits per heavy atom. The minimum absolute atomic E-state index is 0.304. The van der Waals surface area contributed by atoms with E-state index < -0.39 is 0 Å². The Hall–Kier alpha value is -1.32. The second kappa shape index (κ2) is 8.72. The van der Waals surface area contributed by atoms with Crippen LogP contribution in [0.3, 0.4) is 0 Å². The molecule has 0 spiro atoms. The predicted molar refractivity (Wildman–Crippen MR) is 73.3 cm³/mol. The van der Waals surface area contributed by atoms with E-state index in [-0.39, 0.29) is 0 Å². The Bertz CT molecular complexity index is 316. The number of hydrogen-bond donors (Lipinski definition) is 1. The lowest BCUT2D eigenvalue weighted by molar-refractivity contribution is -0.131. The van der Waals surface area contributed by atoms with Gasteiger partial charge in [-0.3, -0.25) is 4.79 Å². The topological polar surface area (TPSA) is 49.0 Å². The third-order valence-corrected chi connectivity index (χ3v) is 2.95. The van der Waals surface area contributed by atoms with Crippen LogP contribution in [0, 0.1) is 0 Å². The highest BCUT2D eigenvalue weighted by atomic mass is 16.2. The largest absolute Gasteiger partial charge is 0.349 e. The molecule has 1 rings (SSSR count). The van der Waals surface area contributed by atoms with Crippen LogP contribution in [0.2, 0.25) is 0 Å². The van der Waals surface area contributed by atoms with E-state index in [4.69, 9.17) is 0 Å². The highest BCUT2D eigenvalue weighted by molar-refractivity contribution is 5.76. The maximum absolute atomic E-state index is 12.0. The fourth-order valence-electron chi connectivity index (χ4n) is 2.06. The van der Waals surface area contributed by atoms with Gasteiger partial charge in [-0.05, 0) is 25.7 Å². The van der Waals surface area contributed by atoms with Gasteiger partial charge in [-0.25, -0.2) is 4.98 Å². The van der Waals surface area contributed by atoms with Gasteiger partial charge in [0.25, 0.3) is 0 Å². The molecule has 0 saturated heterocycles. The lowest BCUT2D eigenvalue weighted by Gasteiger charge is -2.21. The average Bonchev–Trinajstić information content (AvgIpc) is 2.87. The molecule has 1 N–H and O–H groups in total. The number of H-pyrrole nitrogens is 1. The molecule has 0 fully saturated rings. The number of nitrogens with zero attached hydrogens (tertiary/aromatic N) is 2. The van der Waals surface area contributed by atoms with Crippen LogP contribution in [-0.2, 0) is 11.2 Å². The number of unbranched alkanes of at least 4 members (excludes halogenated alkanes) is 1. The summed E-state index contributed by atoms with van der Waals surface area (Å²) >= 11 is 0. The Morgan fingerprint density at radius 3 is 2.56 bits per heavy atom. The zero-order chi connectivity index (χ0) is 13.2. The number of imidazole rings is 1. The van der Waals surface area contributed by atoms with Gasteiger partial charge in [0.2, 0.25) is 5.91 Å². The minimum atomic E-state index is 0.304. The zero-order valence-corrected chi connectivity index (χ0v) is 11.6. The molecule has 0 radical (unpaired) electrons. The summed E-state index contributed by atoms with van der Waals surface area (Å²) in [6.45, 7) is 6.02. The van der Waals surface area contributed by atoms with Crippen LogP contribution in [0.15, 0.2) is 12.4 Å². The first-order valence-electron chi connectivity index (χ1n) is 7.04. The van der Waals surface area contributed by atoms with Gasteiger partial charge in [-0.2, -0.15) is 0 Å². The molecule has 1 aromatic rings. The number of rotatable bonds is 9. The van der Waals surface area contributed by atoms with E-state index in [1.165, 1.54) is 0 Å². The molecule has 0 aliphatic rings. The van der Waals surface area contributed by atoms with Crippen molar-refractivity contribution in [2.45, 2.75) is 52.4 Å². The summed E-state index contributed by atoms with van der Waals surface area (Å²) in [5.74, 6) is 1.32. The molecule has 18 heavy (non-hydrogen) atoms. The van der Waals surface area contributed by atoms with Crippen molar-refractivity contribution in [1.82, 2.24) is 14.9 Å². The van der Waals surface area contributed by atoms with Crippen molar-refractivity contribution in [2.24, 2.45) is 0 Å². The van der Waals surface area contributed by atoms with E-state index in [0.29, 0.717) is 12.3 Å². The van der Waals surface area contributed by atoms with Crippen molar-refractivity contribution in [3.05, 3.63) is 18.2 Å². The van der Waals surface area contributed by atoms with E-state index in [1.54, 1.807) is 6.20 Å². The van der Waals surface area contributed by atoms with Crippen molar-refractivity contribution in [3.63, 3.8) is 0 Å². The summed E-state index contributed by atoms with van der Waals surface area (Å²) in [6.07, 6.45) is 9.25. The van der Waals surface area contributed by atoms with Gasteiger partial charge >= 0.3 is 0 Å². The molecule has 4 nitrogen and oxygen atoms in total. The smallest absolute Gasteiger partial charge is 0.222 e. The first kappa shape index (κ1) is 14.7. The van der Waals surface area contributed by atoms with Crippen LogP contribution >= 0.6 is 0 Å². The van der Waals surface area contributed by atoms with Crippen LogP contribution in [-0.4, -0.2) is 33.9 Å². The summed E-state index contributed by atoms with van der Waals surface area (Å²) in [6, 6.07) is 0. The van der Waals surface area contributed by atoms with Crippen LogP contribution < -0.4 is 0 Å². The molecule has 0 aliphatic heterocycles. The molecule has 0 aromatic carbocycles. The molecular weight excluding hydrogens is 226 g/mol. The van der Waals surface area contributed by atoms with Gasteiger partial charge in [0.1, 0.15) is 5.82 Å². The highest BCUT2D eigenvalue weighted by Gasteiger charge is 2.10. The summed E-state index contributed by atoms with van der Waals surface area (Å²) in [5, 5.41) is 0. The summed E-state index contributed by atoms with van der Waals surface area (Å²) < 4.78 is 0. The third kappa shape index (κ3) is 5.34. The van der Waals surface area contributed by atoms with Crippen LogP contribution in [0.25, 0.3) is 0 Å². The molecule has 102 valence electrons. The van der Waals surface area contributed by atoms with Crippen LogP contribution in [0.5, 0.6) is 0 Å².